The molecule has 1 rings (SSSR count). The minimum atomic E-state index is -0.545. The molecule has 0 aliphatic rings. The molecule has 80 valence electrons. The van der Waals surface area contributed by atoms with Crippen molar-refractivity contribution in [2.24, 2.45) is 17.6 Å². The molecule has 0 aliphatic carbocycles. The Morgan fingerprint density at radius 1 is 1.64 bits per heavy atom. The van der Waals surface area contributed by atoms with E-state index < -0.39 is 6.10 Å². The van der Waals surface area contributed by atoms with Gasteiger partial charge in [0.15, 0.2) is 0 Å². The Balaban J connectivity index is 2.77. The van der Waals surface area contributed by atoms with Gasteiger partial charge in [0.2, 0.25) is 0 Å². The first-order valence-corrected chi connectivity index (χ1v) is 6.22. The van der Waals surface area contributed by atoms with Crippen molar-refractivity contribution in [1.29, 1.82) is 0 Å². The van der Waals surface area contributed by atoms with Crippen LogP contribution in [0.2, 0.25) is 0 Å². The van der Waals surface area contributed by atoms with Crippen LogP contribution in [0.1, 0.15) is 25.0 Å². The van der Waals surface area contributed by atoms with Crippen molar-refractivity contribution >= 4 is 27.3 Å². The summed E-state index contributed by atoms with van der Waals surface area (Å²) >= 11 is 4.72. The van der Waals surface area contributed by atoms with Crippen LogP contribution >= 0.6 is 27.3 Å². The molecule has 0 saturated carbocycles. The molecule has 0 amide bonds. The van der Waals surface area contributed by atoms with Crippen LogP contribution < -0.4 is 5.73 Å². The molecule has 3 N–H and O–H groups in total. The van der Waals surface area contributed by atoms with E-state index in [2.05, 4.69) is 34.8 Å². The molecule has 1 heterocycles. The highest BCUT2D eigenvalue weighted by Crippen LogP contribution is 2.30. The molecule has 2 atom stereocenters. The Labute approximate surface area is 96.5 Å². The first-order valence-electron chi connectivity index (χ1n) is 4.55. The van der Waals surface area contributed by atoms with E-state index in [1.165, 1.54) is 11.3 Å². The summed E-state index contributed by atoms with van der Waals surface area (Å²) in [4.78, 5) is 4.19. The zero-order chi connectivity index (χ0) is 10.7. The predicted molar refractivity (Wildman–Crippen MR) is 62.2 cm³/mol. The molecule has 0 radical (unpaired) electrons. The third-order valence-corrected chi connectivity index (χ3v) is 3.91. The van der Waals surface area contributed by atoms with Gasteiger partial charge in [0.05, 0.1) is 0 Å². The van der Waals surface area contributed by atoms with Crippen molar-refractivity contribution in [2.75, 3.05) is 6.54 Å². The standard InChI is InChI=1S/C9H15BrN2OS/c1-5(2)6(3-11)8(13)9-12-7(10)4-14-9/h4-6,8,13H,3,11H2,1-2H3. The molecule has 14 heavy (non-hydrogen) atoms. The van der Waals surface area contributed by atoms with Crippen molar-refractivity contribution in [3.8, 4) is 0 Å². The van der Waals surface area contributed by atoms with Gasteiger partial charge in [-0.2, -0.15) is 0 Å². The van der Waals surface area contributed by atoms with Crippen LogP contribution in [0.25, 0.3) is 0 Å². The Morgan fingerprint density at radius 2 is 2.29 bits per heavy atom. The minimum Gasteiger partial charge on any atom is -0.386 e. The van der Waals surface area contributed by atoms with Gasteiger partial charge in [-0.05, 0) is 28.4 Å². The van der Waals surface area contributed by atoms with Crippen LogP contribution in [0.4, 0.5) is 0 Å². The lowest BCUT2D eigenvalue weighted by molar-refractivity contribution is 0.0857. The highest BCUT2D eigenvalue weighted by atomic mass is 79.9. The number of nitrogens with two attached hydrogens (primary N) is 1. The van der Waals surface area contributed by atoms with Crippen LogP contribution in [0.3, 0.4) is 0 Å². The van der Waals surface area contributed by atoms with Gasteiger partial charge in [0.25, 0.3) is 0 Å². The number of hydrogen-bond acceptors (Lipinski definition) is 4. The molecule has 0 saturated heterocycles. The van der Waals surface area contributed by atoms with Crippen LogP contribution in [0.5, 0.6) is 0 Å². The summed E-state index contributed by atoms with van der Waals surface area (Å²) in [7, 11) is 0. The van der Waals surface area contributed by atoms with E-state index in [1.807, 2.05) is 5.38 Å². The van der Waals surface area contributed by atoms with Gasteiger partial charge in [-0.25, -0.2) is 4.98 Å². The average molecular weight is 279 g/mol. The minimum absolute atomic E-state index is 0.0769. The Kier molecular flexibility index (Phi) is 4.50. The van der Waals surface area contributed by atoms with E-state index >= 15 is 0 Å². The Bertz CT molecular complexity index is 290. The second-order valence-corrected chi connectivity index (χ2v) is 5.30. The first-order chi connectivity index (χ1) is 6.56. The summed E-state index contributed by atoms with van der Waals surface area (Å²) in [5, 5.41) is 12.6. The summed E-state index contributed by atoms with van der Waals surface area (Å²) in [6.07, 6.45) is -0.545. The maximum absolute atomic E-state index is 10.0. The summed E-state index contributed by atoms with van der Waals surface area (Å²) in [5.41, 5.74) is 5.62. The third kappa shape index (κ3) is 2.76. The monoisotopic (exact) mass is 278 g/mol. The van der Waals surface area contributed by atoms with Crippen molar-refractivity contribution in [1.82, 2.24) is 4.98 Å². The number of aromatic nitrogens is 1. The van der Waals surface area contributed by atoms with Gasteiger partial charge in [-0.15, -0.1) is 11.3 Å². The van der Waals surface area contributed by atoms with Gasteiger partial charge in [0, 0.05) is 11.3 Å². The quantitative estimate of drug-likeness (QED) is 0.888. The smallest absolute Gasteiger partial charge is 0.123 e. The van der Waals surface area contributed by atoms with Gasteiger partial charge < -0.3 is 10.8 Å². The van der Waals surface area contributed by atoms with E-state index in [-0.39, 0.29) is 5.92 Å². The largest absolute Gasteiger partial charge is 0.386 e. The number of thiazole rings is 1. The summed E-state index contributed by atoms with van der Waals surface area (Å²) in [6.45, 7) is 4.60. The molecule has 5 heteroatoms. The van der Waals surface area contributed by atoms with Crippen molar-refractivity contribution in [3.05, 3.63) is 15.0 Å². The fraction of sp³-hybridized carbons (Fsp3) is 0.667. The predicted octanol–water partition coefficient (Wildman–Crippen LogP) is 2.17. The van der Waals surface area contributed by atoms with Gasteiger partial charge in [-0.1, -0.05) is 13.8 Å². The van der Waals surface area contributed by atoms with E-state index in [0.717, 1.165) is 9.61 Å². The topological polar surface area (TPSA) is 59.1 Å². The zero-order valence-electron chi connectivity index (χ0n) is 8.27. The molecule has 0 bridgehead atoms. The molecule has 3 nitrogen and oxygen atoms in total. The van der Waals surface area contributed by atoms with E-state index in [0.29, 0.717) is 12.5 Å². The molecule has 0 fully saturated rings. The maximum Gasteiger partial charge on any atom is 0.123 e. The van der Waals surface area contributed by atoms with Crippen molar-refractivity contribution in [3.63, 3.8) is 0 Å². The molecular weight excluding hydrogens is 264 g/mol. The van der Waals surface area contributed by atoms with Gasteiger partial charge in [0.1, 0.15) is 15.7 Å². The van der Waals surface area contributed by atoms with Gasteiger partial charge >= 0.3 is 0 Å². The fourth-order valence-electron chi connectivity index (χ4n) is 1.35. The molecule has 2 unspecified atom stereocenters. The number of halogens is 1. The lowest BCUT2D eigenvalue weighted by Gasteiger charge is -2.23. The maximum atomic E-state index is 10.0. The molecule has 0 aliphatic heterocycles. The van der Waals surface area contributed by atoms with E-state index in [1.54, 1.807) is 0 Å². The SMILES string of the molecule is CC(C)C(CN)C(O)c1nc(Br)cs1. The molecule has 1 aromatic rings. The number of rotatable bonds is 4. The van der Waals surface area contributed by atoms with Crippen molar-refractivity contribution in [2.45, 2.75) is 20.0 Å². The average Bonchev–Trinajstić information content (AvgIpc) is 2.52. The summed E-state index contributed by atoms with van der Waals surface area (Å²) in [6, 6.07) is 0. The highest BCUT2D eigenvalue weighted by Gasteiger charge is 2.24. The highest BCUT2D eigenvalue weighted by molar-refractivity contribution is 9.10. The second kappa shape index (κ2) is 5.21. The lowest BCUT2D eigenvalue weighted by Crippen LogP contribution is -2.26. The van der Waals surface area contributed by atoms with E-state index in [9.17, 15) is 5.11 Å². The van der Waals surface area contributed by atoms with Crippen LogP contribution in [-0.4, -0.2) is 16.6 Å². The van der Waals surface area contributed by atoms with Gasteiger partial charge in [-0.3, -0.25) is 0 Å². The molecular formula is C9H15BrN2OS. The zero-order valence-corrected chi connectivity index (χ0v) is 10.7. The third-order valence-electron chi connectivity index (χ3n) is 2.28. The Morgan fingerprint density at radius 3 is 2.64 bits per heavy atom. The fourth-order valence-corrected chi connectivity index (χ4v) is 2.68. The van der Waals surface area contributed by atoms with E-state index in [4.69, 9.17) is 5.73 Å². The molecule has 0 aromatic carbocycles. The lowest BCUT2D eigenvalue weighted by atomic mass is 9.91. The number of aliphatic hydroxyl groups is 1. The summed E-state index contributed by atoms with van der Waals surface area (Å²) in [5.74, 6) is 0.436. The number of nitrogens with zero attached hydrogens (tertiary/aromatic N) is 1. The van der Waals surface area contributed by atoms with Crippen molar-refractivity contribution < 1.29 is 5.11 Å². The molecule has 0 spiro atoms. The summed E-state index contributed by atoms with van der Waals surface area (Å²) < 4.78 is 0.774. The van der Waals surface area contributed by atoms with Crippen LogP contribution in [0, 0.1) is 11.8 Å². The Hall–Kier alpha value is 0.0300. The van der Waals surface area contributed by atoms with Crippen LogP contribution in [-0.2, 0) is 0 Å². The van der Waals surface area contributed by atoms with Crippen LogP contribution in [0.15, 0.2) is 9.98 Å². The first kappa shape index (κ1) is 12.1. The molecule has 1 aromatic heterocycles. The second-order valence-electron chi connectivity index (χ2n) is 3.60. The number of hydrogen-bond donors (Lipinski definition) is 2. The number of aliphatic hydroxyl groups excluding tert-OH is 1. The normalized spacial score (nSPS) is 15.9.